The van der Waals surface area contributed by atoms with Crippen molar-refractivity contribution in [3.8, 4) is 5.75 Å². The molecule has 0 spiro atoms. The Morgan fingerprint density at radius 3 is 2.61 bits per heavy atom. The van der Waals surface area contributed by atoms with E-state index >= 15 is 0 Å². The molecule has 0 heterocycles. The maximum Gasteiger partial charge on any atom is 0.386 e. The van der Waals surface area contributed by atoms with Crippen LogP contribution in [0.1, 0.15) is 56.3 Å². The van der Waals surface area contributed by atoms with Gasteiger partial charge in [0, 0.05) is 0 Å². The van der Waals surface area contributed by atoms with Crippen LogP contribution in [0.25, 0.3) is 0 Å². The summed E-state index contributed by atoms with van der Waals surface area (Å²) in [5.41, 5.74) is 0.165. The number of carbonyl (C=O) groups excluding carboxylic acids is 1. The van der Waals surface area contributed by atoms with Crippen LogP contribution >= 0.6 is 0 Å². The molecule has 0 bridgehead atoms. The first kappa shape index (κ1) is 14.6. The van der Waals surface area contributed by atoms with Gasteiger partial charge in [0.1, 0.15) is 5.75 Å². The fourth-order valence-corrected chi connectivity index (χ4v) is 1.90. The number of hydrogen-bond acceptors (Lipinski definition) is 2. The molecule has 1 rings (SSSR count). The Hall–Kier alpha value is -1.51. The SMILES string of the molecule is CCCCC(CCC)Oc1cccc(C([O])=O)c1. The van der Waals surface area contributed by atoms with Crippen LogP contribution in [0.15, 0.2) is 24.3 Å². The predicted octanol–water partition coefficient (Wildman–Crippen LogP) is 4.00. The number of benzene rings is 1. The first-order valence-corrected chi connectivity index (χ1v) is 6.65. The Bertz CT molecular complexity index is 374. The zero-order chi connectivity index (χ0) is 13.4. The maximum atomic E-state index is 10.8. The van der Waals surface area contributed by atoms with E-state index in [1.165, 1.54) is 12.1 Å². The highest BCUT2D eigenvalue weighted by molar-refractivity contribution is 5.87. The second-order valence-corrected chi connectivity index (χ2v) is 4.49. The average molecular weight is 249 g/mol. The van der Waals surface area contributed by atoms with Gasteiger partial charge in [-0.05, 0) is 31.0 Å². The molecule has 3 nitrogen and oxygen atoms in total. The van der Waals surface area contributed by atoms with Gasteiger partial charge in [0.05, 0.1) is 11.7 Å². The molecule has 0 aliphatic rings. The van der Waals surface area contributed by atoms with E-state index in [1.807, 2.05) is 0 Å². The monoisotopic (exact) mass is 249 g/mol. The van der Waals surface area contributed by atoms with E-state index in [2.05, 4.69) is 13.8 Å². The van der Waals surface area contributed by atoms with E-state index in [0.717, 1.165) is 32.1 Å². The molecule has 1 radical (unpaired) electrons. The number of rotatable bonds is 8. The van der Waals surface area contributed by atoms with E-state index < -0.39 is 5.97 Å². The molecule has 1 aromatic carbocycles. The fraction of sp³-hybridized carbons (Fsp3) is 0.533. The molecule has 0 aromatic heterocycles. The lowest BCUT2D eigenvalue weighted by Crippen LogP contribution is -2.16. The van der Waals surface area contributed by atoms with Crippen LogP contribution in [0.5, 0.6) is 5.75 Å². The molecule has 1 aromatic rings. The second-order valence-electron chi connectivity index (χ2n) is 4.49. The average Bonchev–Trinajstić information content (AvgIpc) is 2.36. The Balaban J connectivity index is 2.67. The number of hydrogen-bond donors (Lipinski definition) is 0. The molecule has 1 atom stereocenters. The second kappa shape index (κ2) is 7.75. The van der Waals surface area contributed by atoms with E-state index in [0.29, 0.717) is 5.75 Å². The van der Waals surface area contributed by atoms with Crippen molar-refractivity contribution in [1.82, 2.24) is 0 Å². The smallest absolute Gasteiger partial charge is 0.386 e. The summed E-state index contributed by atoms with van der Waals surface area (Å²) in [6.45, 7) is 4.28. The third-order valence-corrected chi connectivity index (χ3v) is 2.86. The van der Waals surface area contributed by atoms with E-state index in [9.17, 15) is 9.90 Å². The van der Waals surface area contributed by atoms with Crippen molar-refractivity contribution in [2.45, 2.75) is 52.1 Å². The van der Waals surface area contributed by atoms with Gasteiger partial charge in [-0.3, -0.25) is 0 Å². The van der Waals surface area contributed by atoms with E-state index in [4.69, 9.17) is 4.74 Å². The molecule has 0 N–H and O–H groups in total. The maximum absolute atomic E-state index is 10.8. The number of carbonyl (C=O) groups is 1. The highest BCUT2D eigenvalue weighted by atomic mass is 16.5. The molecular weight excluding hydrogens is 228 g/mol. The molecule has 0 aliphatic carbocycles. The first-order valence-electron chi connectivity index (χ1n) is 6.65. The summed E-state index contributed by atoms with van der Waals surface area (Å²) in [6, 6.07) is 6.53. The molecule has 0 fully saturated rings. The standard InChI is InChI=1S/C15H21O3/c1-3-5-9-13(7-4-2)18-14-10-6-8-12(11-14)15(16)17/h6,8,10-11,13H,3-5,7,9H2,1-2H3. The van der Waals surface area contributed by atoms with Gasteiger partial charge in [0.2, 0.25) is 0 Å². The summed E-state index contributed by atoms with van der Waals surface area (Å²) in [5.74, 6) is -0.549. The fourth-order valence-electron chi connectivity index (χ4n) is 1.90. The molecular formula is C15H21O3. The van der Waals surface area contributed by atoms with Crippen molar-refractivity contribution < 1.29 is 14.6 Å². The van der Waals surface area contributed by atoms with Gasteiger partial charge in [0.15, 0.2) is 0 Å². The number of ether oxygens (including phenoxy) is 1. The summed E-state index contributed by atoms with van der Waals surface area (Å²) in [4.78, 5) is 10.8. The Labute approximate surface area is 109 Å². The Kier molecular flexibility index (Phi) is 6.26. The molecule has 0 saturated carbocycles. The van der Waals surface area contributed by atoms with Crippen LogP contribution in [0, 0.1) is 0 Å². The quantitative estimate of drug-likeness (QED) is 0.699. The topological polar surface area (TPSA) is 46.2 Å². The summed E-state index contributed by atoms with van der Waals surface area (Å²) < 4.78 is 5.86. The molecule has 18 heavy (non-hydrogen) atoms. The minimum atomic E-state index is -1.17. The van der Waals surface area contributed by atoms with Crippen LogP contribution < -0.4 is 4.74 Å². The van der Waals surface area contributed by atoms with Crippen LogP contribution in [0.3, 0.4) is 0 Å². The summed E-state index contributed by atoms with van der Waals surface area (Å²) in [6.07, 6.45) is 5.52. The van der Waals surface area contributed by atoms with Crippen LogP contribution in [-0.4, -0.2) is 12.1 Å². The molecule has 99 valence electrons. The first-order chi connectivity index (χ1) is 8.67. The molecule has 0 aliphatic heterocycles. The van der Waals surface area contributed by atoms with Crippen LogP contribution in [0.4, 0.5) is 0 Å². The van der Waals surface area contributed by atoms with Crippen molar-refractivity contribution in [3.63, 3.8) is 0 Å². The van der Waals surface area contributed by atoms with Gasteiger partial charge in [-0.25, -0.2) is 9.90 Å². The highest BCUT2D eigenvalue weighted by Gasteiger charge is 2.11. The zero-order valence-corrected chi connectivity index (χ0v) is 11.1. The van der Waals surface area contributed by atoms with Crippen molar-refractivity contribution in [3.05, 3.63) is 29.8 Å². The van der Waals surface area contributed by atoms with E-state index in [-0.39, 0.29) is 11.7 Å². The van der Waals surface area contributed by atoms with Gasteiger partial charge in [-0.2, -0.15) is 0 Å². The Morgan fingerprint density at radius 1 is 1.22 bits per heavy atom. The van der Waals surface area contributed by atoms with Gasteiger partial charge >= 0.3 is 5.97 Å². The number of unbranched alkanes of at least 4 members (excludes halogenated alkanes) is 1. The third kappa shape index (κ3) is 4.78. The zero-order valence-electron chi connectivity index (χ0n) is 11.1. The van der Waals surface area contributed by atoms with Gasteiger partial charge < -0.3 is 4.74 Å². The molecule has 1 unspecified atom stereocenters. The van der Waals surface area contributed by atoms with Crippen molar-refractivity contribution in [2.24, 2.45) is 0 Å². The predicted molar refractivity (Wildman–Crippen MR) is 70.3 cm³/mol. The molecule has 0 amide bonds. The van der Waals surface area contributed by atoms with Gasteiger partial charge in [-0.1, -0.05) is 39.2 Å². The van der Waals surface area contributed by atoms with Gasteiger partial charge in [0.25, 0.3) is 0 Å². The minimum Gasteiger partial charge on any atom is -0.490 e. The highest BCUT2D eigenvalue weighted by Crippen LogP contribution is 2.19. The van der Waals surface area contributed by atoms with Gasteiger partial charge in [-0.15, -0.1) is 0 Å². The lowest BCUT2D eigenvalue weighted by Gasteiger charge is -2.18. The summed E-state index contributed by atoms with van der Waals surface area (Å²) >= 11 is 0. The lowest BCUT2D eigenvalue weighted by molar-refractivity contribution is 0.0572. The molecule has 0 saturated heterocycles. The lowest BCUT2D eigenvalue weighted by atomic mass is 10.1. The normalized spacial score (nSPS) is 12.1. The molecule has 3 heteroatoms. The third-order valence-electron chi connectivity index (χ3n) is 2.86. The largest absolute Gasteiger partial charge is 0.490 e. The van der Waals surface area contributed by atoms with Crippen LogP contribution in [-0.2, 0) is 5.11 Å². The van der Waals surface area contributed by atoms with Crippen molar-refractivity contribution in [2.75, 3.05) is 0 Å². The van der Waals surface area contributed by atoms with Crippen molar-refractivity contribution in [1.29, 1.82) is 0 Å². The minimum absolute atomic E-state index is 0.165. The van der Waals surface area contributed by atoms with Crippen molar-refractivity contribution >= 4 is 5.97 Å². The van der Waals surface area contributed by atoms with E-state index in [1.54, 1.807) is 12.1 Å². The summed E-state index contributed by atoms with van der Waals surface area (Å²) in [5, 5.41) is 10.8. The Morgan fingerprint density at radius 2 is 2.00 bits per heavy atom. The summed E-state index contributed by atoms with van der Waals surface area (Å²) in [7, 11) is 0. The van der Waals surface area contributed by atoms with Crippen LogP contribution in [0.2, 0.25) is 0 Å².